The van der Waals surface area contributed by atoms with Crippen molar-refractivity contribution in [3.8, 4) is 0 Å². The Hall–Kier alpha value is -1.00. The number of carbonyl (C=O) groups is 1. The molecule has 0 saturated heterocycles. The maximum absolute atomic E-state index is 11.5. The normalized spacial score (nSPS) is 10.5. The van der Waals surface area contributed by atoms with E-state index in [0.717, 1.165) is 11.1 Å². The predicted molar refractivity (Wildman–Crippen MR) is 69.1 cm³/mol. The fraction of sp³-hybridized carbons (Fsp3) is 0.182. The Balaban J connectivity index is 2.48. The number of hydrogen-bond acceptors (Lipinski definition) is 3. The molecule has 2 rings (SSSR count). The molecule has 0 fully saturated rings. The fourth-order valence-electron chi connectivity index (χ4n) is 1.46. The summed E-state index contributed by atoms with van der Waals surface area (Å²) < 4.78 is 1.20. The first kappa shape index (κ1) is 10.5. The van der Waals surface area contributed by atoms with Gasteiger partial charge in [0.15, 0.2) is 0 Å². The van der Waals surface area contributed by atoms with Gasteiger partial charge in [-0.3, -0.25) is 4.79 Å². The van der Waals surface area contributed by atoms with Gasteiger partial charge in [0.2, 0.25) is 5.91 Å². The molecule has 0 aliphatic rings. The molecule has 0 aliphatic heterocycles. The average molecular weight is 237 g/mol. The summed E-state index contributed by atoms with van der Waals surface area (Å²) in [6, 6.07) is 8.08. The molecule has 4 heteroatoms. The first-order valence-corrected chi connectivity index (χ1v) is 6.09. The van der Waals surface area contributed by atoms with Gasteiger partial charge in [-0.05, 0) is 6.07 Å². The van der Waals surface area contributed by atoms with Gasteiger partial charge in [-0.15, -0.1) is 11.3 Å². The van der Waals surface area contributed by atoms with E-state index < -0.39 is 0 Å². The predicted octanol–water partition coefficient (Wildman–Crippen LogP) is 2.79. The van der Waals surface area contributed by atoms with Crippen molar-refractivity contribution in [2.45, 2.75) is 0 Å². The van der Waals surface area contributed by atoms with Crippen LogP contribution in [-0.4, -0.2) is 18.7 Å². The van der Waals surface area contributed by atoms with Gasteiger partial charge in [0.1, 0.15) is 0 Å². The number of thiol groups is 1. The second-order valence-electron chi connectivity index (χ2n) is 3.23. The van der Waals surface area contributed by atoms with E-state index in [0.29, 0.717) is 0 Å². The molecule has 1 heterocycles. The Morgan fingerprint density at radius 1 is 1.47 bits per heavy atom. The zero-order valence-electron chi connectivity index (χ0n) is 8.30. The summed E-state index contributed by atoms with van der Waals surface area (Å²) in [5.74, 6) is 0.252. The van der Waals surface area contributed by atoms with Crippen LogP contribution >= 0.6 is 24.0 Å². The molecular weight excluding hydrogens is 226 g/mol. The van der Waals surface area contributed by atoms with E-state index in [9.17, 15) is 4.79 Å². The molecule has 1 amide bonds. The number of benzene rings is 1. The van der Waals surface area contributed by atoms with Crippen molar-refractivity contribution in [2.24, 2.45) is 0 Å². The molecule has 0 saturated carbocycles. The van der Waals surface area contributed by atoms with Gasteiger partial charge >= 0.3 is 0 Å². The highest BCUT2D eigenvalue weighted by Gasteiger charge is 2.12. The first-order valence-electron chi connectivity index (χ1n) is 4.57. The molecule has 2 aromatic rings. The summed E-state index contributed by atoms with van der Waals surface area (Å²) >= 11 is 5.64. The highest BCUT2D eigenvalue weighted by molar-refractivity contribution is 7.81. The van der Waals surface area contributed by atoms with Crippen molar-refractivity contribution < 1.29 is 4.79 Å². The molecule has 1 aromatic carbocycles. The van der Waals surface area contributed by atoms with Crippen LogP contribution in [0, 0.1) is 0 Å². The molecule has 15 heavy (non-hydrogen) atoms. The largest absolute Gasteiger partial charge is 0.313 e. The molecular formula is C11H11NOS2. The Labute approximate surface area is 97.9 Å². The molecule has 0 bridgehead atoms. The van der Waals surface area contributed by atoms with Gasteiger partial charge < -0.3 is 4.90 Å². The van der Waals surface area contributed by atoms with E-state index >= 15 is 0 Å². The minimum absolute atomic E-state index is 0.0156. The van der Waals surface area contributed by atoms with Crippen LogP contribution in [0.25, 0.3) is 10.1 Å². The lowest BCUT2D eigenvalue weighted by molar-refractivity contribution is -0.115. The summed E-state index contributed by atoms with van der Waals surface area (Å²) in [6.07, 6.45) is 0. The quantitative estimate of drug-likeness (QED) is 0.796. The summed E-state index contributed by atoms with van der Waals surface area (Å²) in [5, 5.41) is 3.13. The Morgan fingerprint density at radius 2 is 2.20 bits per heavy atom. The molecule has 0 unspecified atom stereocenters. The maximum atomic E-state index is 11.5. The Morgan fingerprint density at radius 3 is 2.93 bits per heavy atom. The molecule has 78 valence electrons. The van der Waals surface area contributed by atoms with Crippen molar-refractivity contribution in [1.82, 2.24) is 0 Å². The summed E-state index contributed by atoms with van der Waals surface area (Å²) in [5.41, 5.74) is 0.967. The van der Waals surface area contributed by atoms with Crippen LogP contribution in [0.15, 0.2) is 29.6 Å². The standard InChI is InChI=1S/C11H11NOS2/c1-12(11(13)6-14)9-7-15-10-5-3-2-4-8(9)10/h2-5,7,14H,6H2,1H3. The molecule has 2 nitrogen and oxygen atoms in total. The molecule has 1 aromatic heterocycles. The van der Waals surface area contributed by atoms with Gasteiger partial charge in [-0.25, -0.2) is 0 Å². The molecule has 0 spiro atoms. The van der Waals surface area contributed by atoms with E-state index in [1.165, 1.54) is 4.70 Å². The zero-order chi connectivity index (χ0) is 10.8. The zero-order valence-corrected chi connectivity index (χ0v) is 10.0. The number of carbonyl (C=O) groups excluding carboxylic acids is 1. The minimum atomic E-state index is 0.0156. The Kier molecular flexibility index (Phi) is 2.98. The second kappa shape index (κ2) is 4.24. The van der Waals surface area contributed by atoms with Crippen molar-refractivity contribution in [1.29, 1.82) is 0 Å². The molecule has 0 atom stereocenters. The van der Waals surface area contributed by atoms with Gasteiger partial charge in [0.05, 0.1) is 11.4 Å². The van der Waals surface area contributed by atoms with E-state index in [1.54, 1.807) is 23.3 Å². The lowest BCUT2D eigenvalue weighted by Crippen LogP contribution is -2.26. The van der Waals surface area contributed by atoms with Crippen LogP contribution in [-0.2, 0) is 4.79 Å². The molecule has 0 aliphatic carbocycles. The van der Waals surface area contributed by atoms with Gasteiger partial charge in [0, 0.05) is 22.5 Å². The highest BCUT2D eigenvalue weighted by atomic mass is 32.1. The maximum Gasteiger partial charge on any atom is 0.236 e. The number of fused-ring (bicyclic) bond motifs is 1. The number of thiophene rings is 1. The lowest BCUT2D eigenvalue weighted by atomic mass is 10.2. The summed E-state index contributed by atoms with van der Waals surface area (Å²) in [6.45, 7) is 0. The van der Waals surface area contributed by atoms with E-state index in [4.69, 9.17) is 0 Å². The first-order chi connectivity index (χ1) is 7.24. The third-order valence-corrected chi connectivity index (χ3v) is 3.55. The molecule has 0 radical (unpaired) electrons. The fourth-order valence-corrected chi connectivity index (χ4v) is 2.66. The van der Waals surface area contributed by atoms with E-state index in [1.807, 2.05) is 23.6 Å². The van der Waals surface area contributed by atoms with Crippen molar-refractivity contribution in [2.75, 3.05) is 17.7 Å². The van der Waals surface area contributed by atoms with Crippen LogP contribution < -0.4 is 4.90 Å². The van der Waals surface area contributed by atoms with Crippen molar-refractivity contribution >= 4 is 45.6 Å². The summed E-state index contributed by atoms with van der Waals surface area (Å²) in [7, 11) is 1.78. The number of amides is 1. The van der Waals surface area contributed by atoms with Crippen LogP contribution in [0.1, 0.15) is 0 Å². The topological polar surface area (TPSA) is 20.3 Å². The van der Waals surface area contributed by atoms with Crippen molar-refractivity contribution in [3.63, 3.8) is 0 Å². The third-order valence-electron chi connectivity index (χ3n) is 2.33. The SMILES string of the molecule is CN(C(=O)CS)c1csc2ccccc12. The number of nitrogens with zero attached hydrogens (tertiary/aromatic N) is 1. The van der Waals surface area contributed by atoms with Crippen LogP contribution in [0.3, 0.4) is 0 Å². The van der Waals surface area contributed by atoms with Crippen LogP contribution in [0.2, 0.25) is 0 Å². The minimum Gasteiger partial charge on any atom is -0.313 e. The van der Waals surface area contributed by atoms with Gasteiger partial charge in [-0.2, -0.15) is 12.6 Å². The average Bonchev–Trinajstić information content (AvgIpc) is 2.70. The lowest BCUT2D eigenvalue weighted by Gasteiger charge is -2.14. The monoisotopic (exact) mass is 237 g/mol. The number of rotatable bonds is 2. The number of hydrogen-bond donors (Lipinski definition) is 1. The highest BCUT2D eigenvalue weighted by Crippen LogP contribution is 2.32. The van der Waals surface area contributed by atoms with Crippen LogP contribution in [0.4, 0.5) is 5.69 Å². The van der Waals surface area contributed by atoms with Gasteiger partial charge in [0.25, 0.3) is 0 Å². The Bertz CT molecular complexity index is 492. The van der Waals surface area contributed by atoms with Crippen LogP contribution in [0.5, 0.6) is 0 Å². The van der Waals surface area contributed by atoms with Crippen molar-refractivity contribution in [3.05, 3.63) is 29.6 Å². The number of anilines is 1. The molecule has 0 N–H and O–H groups in total. The summed E-state index contributed by atoms with van der Waals surface area (Å²) in [4.78, 5) is 13.2. The van der Waals surface area contributed by atoms with E-state index in [2.05, 4.69) is 18.7 Å². The third kappa shape index (κ3) is 1.87. The van der Waals surface area contributed by atoms with E-state index in [-0.39, 0.29) is 11.7 Å². The smallest absolute Gasteiger partial charge is 0.236 e. The van der Waals surface area contributed by atoms with Gasteiger partial charge in [-0.1, -0.05) is 18.2 Å². The second-order valence-corrected chi connectivity index (χ2v) is 4.46.